The van der Waals surface area contributed by atoms with Crippen molar-refractivity contribution in [3.63, 3.8) is 0 Å². The summed E-state index contributed by atoms with van der Waals surface area (Å²) in [4.78, 5) is 14.1. The number of carbonyl (C=O) groups is 1. The van der Waals surface area contributed by atoms with Gasteiger partial charge in [0.2, 0.25) is 0 Å². The molecule has 1 fully saturated rings. The maximum atomic E-state index is 12.4. The third kappa shape index (κ3) is 2.93. The lowest BCUT2D eigenvalue weighted by Gasteiger charge is -2.34. The van der Waals surface area contributed by atoms with Gasteiger partial charge in [0.15, 0.2) is 0 Å². The van der Waals surface area contributed by atoms with Crippen molar-refractivity contribution in [1.82, 2.24) is 4.90 Å². The molecule has 1 aromatic rings. The highest BCUT2D eigenvalue weighted by molar-refractivity contribution is 9.10. The van der Waals surface area contributed by atoms with E-state index in [4.69, 9.17) is 0 Å². The number of piperidine rings is 1. The second-order valence-corrected chi connectivity index (χ2v) is 6.02. The molecule has 0 radical (unpaired) electrons. The van der Waals surface area contributed by atoms with Crippen LogP contribution < -0.4 is 0 Å². The fourth-order valence-electron chi connectivity index (χ4n) is 2.28. The molecule has 3 nitrogen and oxygen atoms in total. The van der Waals surface area contributed by atoms with Crippen LogP contribution in [0, 0.1) is 12.8 Å². The third-order valence-corrected chi connectivity index (χ3v) is 3.95. The van der Waals surface area contributed by atoms with Gasteiger partial charge in [-0.2, -0.15) is 0 Å². The first-order valence-electron chi connectivity index (χ1n) is 6.22. The van der Waals surface area contributed by atoms with Crippen LogP contribution in [0.1, 0.15) is 29.3 Å². The maximum absolute atomic E-state index is 12.4. The third-order valence-electron chi connectivity index (χ3n) is 3.49. The standard InChI is InChI=1S/C14H18BrNO2/c1-9-5-11(7-12(15)6-9)14(18)16-4-3-10(2)13(17)8-16/h5-7,10,13,17H,3-4,8H2,1-2H3. The Balaban J connectivity index is 2.16. The second kappa shape index (κ2) is 5.41. The van der Waals surface area contributed by atoms with E-state index in [1.165, 1.54) is 0 Å². The number of amides is 1. The number of aryl methyl sites for hydroxylation is 1. The fourth-order valence-corrected chi connectivity index (χ4v) is 2.88. The summed E-state index contributed by atoms with van der Waals surface area (Å²) in [5, 5.41) is 9.85. The number of aliphatic hydroxyl groups is 1. The Kier molecular flexibility index (Phi) is 4.07. The molecule has 0 bridgehead atoms. The Morgan fingerprint density at radius 3 is 2.78 bits per heavy atom. The Morgan fingerprint density at radius 1 is 1.44 bits per heavy atom. The number of β-amino-alcohol motifs (C(OH)–C–C–N with tert-alkyl or cyclic N) is 1. The van der Waals surface area contributed by atoms with E-state index in [2.05, 4.69) is 15.9 Å². The van der Waals surface area contributed by atoms with Crippen molar-refractivity contribution in [2.45, 2.75) is 26.4 Å². The lowest BCUT2D eigenvalue weighted by Crippen LogP contribution is -2.45. The van der Waals surface area contributed by atoms with Crippen LogP contribution in [-0.2, 0) is 0 Å². The summed E-state index contributed by atoms with van der Waals surface area (Å²) in [6, 6.07) is 5.70. The average molecular weight is 312 g/mol. The minimum Gasteiger partial charge on any atom is -0.391 e. The molecule has 2 rings (SSSR count). The number of likely N-dealkylation sites (tertiary alicyclic amines) is 1. The molecule has 98 valence electrons. The van der Waals surface area contributed by atoms with Crippen LogP contribution in [0.5, 0.6) is 0 Å². The first-order chi connectivity index (χ1) is 8.47. The molecular weight excluding hydrogens is 294 g/mol. The van der Waals surface area contributed by atoms with E-state index in [0.717, 1.165) is 23.0 Å². The van der Waals surface area contributed by atoms with Crippen molar-refractivity contribution in [3.8, 4) is 0 Å². The van der Waals surface area contributed by atoms with E-state index in [1.807, 2.05) is 32.0 Å². The van der Waals surface area contributed by atoms with Crippen molar-refractivity contribution in [1.29, 1.82) is 0 Å². The van der Waals surface area contributed by atoms with E-state index in [1.54, 1.807) is 4.90 Å². The summed E-state index contributed by atoms with van der Waals surface area (Å²) in [5.74, 6) is 0.281. The molecule has 1 amide bonds. The molecule has 1 saturated heterocycles. The van der Waals surface area contributed by atoms with Crippen LogP contribution in [0.2, 0.25) is 0 Å². The predicted molar refractivity (Wildman–Crippen MR) is 74.6 cm³/mol. The minimum absolute atomic E-state index is 0.00495. The summed E-state index contributed by atoms with van der Waals surface area (Å²) in [6.45, 7) is 5.15. The number of halogens is 1. The average Bonchev–Trinajstić information content (AvgIpc) is 2.30. The summed E-state index contributed by atoms with van der Waals surface area (Å²) in [6.07, 6.45) is 0.454. The molecule has 2 unspecified atom stereocenters. The number of nitrogens with zero attached hydrogens (tertiary/aromatic N) is 1. The van der Waals surface area contributed by atoms with E-state index >= 15 is 0 Å². The Bertz CT molecular complexity index is 441. The molecule has 0 aliphatic carbocycles. The summed E-state index contributed by atoms with van der Waals surface area (Å²) < 4.78 is 0.914. The number of carbonyl (C=O) groups excluding carboxylic acids is 1. The van der Waals surface area contributed by atoms with Gasteiger partial charge in [-0.3, -0.25) is 4.79 Å². The van der Waals surface area contributed by atoms with Gasteiger partial charge in [0.1, 0.15) is 0 Å². The normalized spacial score (nSPS) is 24.1. The monoisotopic (exact) mass is 311 g/mol. The second-order valence-electron chi connectivity index (χ2n) is 5.10. The van der Waals surface area contributed by atoms with Crippen molar-refractivity contribution in [3.05, 3.63) is 33.8 Å². The van der Waals surface area contributed by atoms with E-state index in [9.17, 15) is 9.90 Å². The zero-order valence-corrected chi connectivity index (χ0v) is 12.3. The largest absolute Gasteiger partial charge is 0.391 e. The highest BCUT2D eigenvalue weighted by atomic mass is 79.9. The molecule has 1 aromatic carbocycles. The van der Waals surface area contributed by atoms with E-state index in [0.29, 0.717) is 12.1 Å². The van der Waals surface area contributed by atoms with E-state index in [-0.39, 0.29) is 11.8 Å². The zero-order chi connectivity index (χ0) is 13.3. The van der Waals surface area contributed by atoms with Gasteiger partial charge in [-0.05, 0) is 43.0 Å². The van der Waals surface area contributed by atoms with Crippen LogP contribution in [-0.4, -0.2) is 35.1 Å². The van der Waals surface area contributed by atoms with Gasteiger partial charge in [0.25, 0.3) is 5.91 Å². The van der Waals surface area contributed by atoms with Gasteiger partial charge >= 0.3 is 0 Å². The molecule has 0 saturated carbocycles. The number of hydrogen-bond donors (Lipinski definition) is 1. The Hall–Kier alpha value is -0.870. The number of aliphatic hydroxyl groups excluding tert-OH is 1. The van der Waals surface area contributed by atoms with Crippen molar-refractivity contribution in [2.24, 2.45) is 5.92 Å². The molecule has 4 heteroatoms. The quantitative estimate of drug-likeness (QED) is 0.866. The van der Waals surface area contributed by atoms with Gasteiger partial charge in [-0.25, -0.2) is 0 Å². The highest BCUT2D eigenvalue weighted by Crippen LogP contribution is 2.21. The van der Waals surface area contributed by atoms with Gasteiger partial charge in [0.05, 0.1) is 6.10 Å². The van der Waals surface area contributed by atoms with Crippen molar-refractivity contribution >= 4 is 21.8 Å². The SMILES string of the molecule is Cc1cc(Br)cc(C(=O)N2CCC(C)C(O)C2)c1. The minimum atomic E-state index is -0.407. The molecule has 2 atom stereocenters. The molecular formula is C14H18BrNO2. The van der Waals surface area contributed by atoms with Crippen LogP contribution in [0.3, 0.4) is 0 Å². The van der Waals surface area contributed by atoms with Crippen LogP contribution in [0.25, 0.3) is 0 Å². The van der Waals surface area contributed by atoms with Gasteiger partial charge < -0.3 is 10.0 Å². The van der Waals surface area contributed by atoms with E-state index < -0.39 is 6.10 Å². The zero-order valence-electron chi connectivity index (χ0n) is 10.7. The number of rotatable bonds is 1. The number of benzene rings is 1. The lowest BCUT2D eigenvalue weighted by atomic mass is 9.95. The topological polar surface area (TPSA) is 40.5 Å². The van der Waals surface area contributed by atoms with Gasteiger partial charge in [-0.15, -0.1) is 0 Å². The number of hydrogen-bond acceptors (Lipinski definition) is 2. The summed E-state index contributed by atoms with van der Waals surface area (Å²) in [5.41, 5.74) is 1.74. The van der Waals surface area contributed by atoms with Gasteiger partial charge in [0, 0.05) is 23.1 Å². The molecule has 1 aliphatic rings. The Labute approximate surface area is 116 Å². The first-order valence-corrected chi connectivity index (χ1v) is 7.01. The molecule has 0 aromatic heterocycles. The van der Waals surface area contributed by atoms with Crippen molar-refractivity contribution in [2.75, 3.05) is 13.1 Å². The molecule has 1 heterocycles. The smallest absolute Gasteiger partial charge is 0.253 e. The van der Waals surface area contributed by atoms with Crippen LogP contribution in [0.4, 0.5) is 0 Å². The summed E-state index contributed by atoms with van der Waals surface area (Å²) in [7, 11) is 0. The molecule has 18 heavy (non-hydrogen) atoms. The Morgan fingerprint density at radius 2 is 2.17 bits per heavy atom. The highest BCUT2D eigenvalue weighted by Gasteiger charge is 2.27. The summed E-state index contributed by atoms with van der Waals surface area (Å²) >= 11 is 3.41. The van der Waals surface area contributed by atoms with Gasteiger partial charge in [-0.1, -0.05) is 22.9 Å². The first kappa shape index (κ1) is 13.6. The van der Waals surface area contributed by atoms with Crippen molar-refractivity contribution < 1.29 is 9.90 Å². The van der Waals surface area contributed by atoms with Crippen LogP contribution in [0.15, 0.2) is 22.7 Å². The lowest BCUT2D eigenvalue weighted by molar-refractivity contribution is 0.0248. The predicted octanol–water partition coefficient (Wildman–Crippen LogP) is 2.60. The van der Waals surface area contributed by atoms with Crippen LogP contribution >= 0.6 is 15.9 Å². The maximum Gasteiger partial charge on any atom is 0.253 e. The fraction of sp³-hybridized carbons (Fsp3) is 0.500. The molecule has 1 aliphatic heterocycles. The molecule has 0 spiro atoms. The molecule has 1 N–H and O–H groups in total.